The average molecular weight is 926 g/mol. The summed E-state index contributed by atoms with van der Waals surface area (Å²) >= 11 is 4.24. The molecular weight excluding hydrogens is 876 g/mol. The number of carbonyl (C=O) groups excluding carboxylic acids is 6. The number of carbonyl (C=O) groups is 6. The number of aryl methyl sites for hydroxylation is 1. The minimum absolute atomic E-state index is 0.154. The van der Waals surface area contributed by atoms with E-state index in [0.717, 1.165) is 10.5 Å². The predicted molar refractivity (Wildman–Crippen MR) is 200 cm³/mol. The molecule has 2 aliphatic heterocycles. The quantitative estimate of drug-likeness (QED) is 0.231. The van der Waals surface area contributed by atoms with Gasteiger partial charge in [0.05, 0.1) is 18.8 Å². The van der Waals surface area contributed by atoms with Gasteiger partial charge in [-0.2, -0.15) is 0 Å². The zero-order chi connectivity index (χ0) is 37.0. The van der Waals surface area contributed by atoms with Crippen molar-refractivity contribution in [3.8, 4) is 0 Å². The van der Waals surface area contributed by atoms with Gasteiger partial charge in [-0.25, -0.2) is 0 Å². The highest BCUT2D eigenvalue weighted by Crippen LogP contribution is 2.38. The van der Waals surface area contributed by atoms with Gasteiger partial charge in [0.25, 0.3) is 5.78 Å². The first-order valence-corrected chi connectivity index (χ1v) is 23.3. The van der Waals surface area contributed by atoms with Crippen molar-refractivity contribution in [1.29, 1.82) is 0 Å². The summed E-state index contributed by atoms with van der Waals surface area (Å²) in [6.07, 6.45) is 1.34. The second-order valence-electron chi connectivity index (χ2n) is 13.4. The van der Waals surface area contributed by atoms with Crippen LogP contribution in [0, 0.1) is 17.8 Å². The lowest BCUT2D eigenvalue weighted by molar-refractivity contribution is -0.267. The van der Waals surface area contributed by atoms with Gasteiger partial charge < -0.3 is 34.9 Å². The Labute approximate surface area is 317 Å². The highest BCUT2D eigenvalue weighted by molar-refractivity contribution is 15.0. The normalized spacial score (nSPS) is 32.3. The van der Waals surface area contributed by atoms with Crippen LogP contribution in [0.15, 0.2) is 30.3 Å². The van der Waals surface area contributed by atoms with Crippen LogP contribution in [0.3, 0.4) is 0 Å². The topological polar surface area (TPSA) is 178 Å². The van der Waals surface area contributed by atoms with Gasteiger partial charge in [0, 0.05) is 75.6 Å². The minimum Gasteiger partial charge on any atom is -0.459 e. The molecule has 3 amide bonds. The van der Waals surface area contributed by atoms with Gasteiger partial charge >= 0.3 is 5.97 Å². The van der Waals surface area contributed by atoms with Crippen molar-refractivity contribution in [3.05, 3.63) is 35.9 Å². The highest BCUT2D eigenvalue weighted by Gasteiger charge is 2.53. The molecule has 3 aliphatic rings. The number of nitrogens with one attached hydrogen (secondary N) is 2. The number of rotatable bonds is 4. The molecule has 4 rings (SSSR count). The Morgan fingerprint density at radius 3 is 2.28 bits per heavy atom. The minimum atomic E-state index is -2.41. The predicted octanol–water partition coefficient (Wildman–Crippen LogP) is 3.25. The van der Waals surface area contributed by atoms with Crippen LogP contribution >= 0.6 is 37.2 Å². The van der Waals surface area contributed by atoms with Crippen molar-refractivity contribution in [2.24, 2.45) is 17.8 Å². The van der Waals surface area contributed by atoms with Crippen LogP contribution in [0.2, 0.25) is 0 Å². The first-order valence-electron chi connectivity index (χ1n) is 17.0. The molecule has 1 saturated carbocycles. The van der Waals surface area contributed by atoms with Crippen LogP contribution in [0.4, 0.5) is 0 Å². The van der Waals surface area contributed by atoms with Crippen molar-refractivity contribution >= 4 is 72.5 Å². The number of esters is 1. The van der Waals surface area contributed by atoms with Crippen molar-refractivity contribution in [2.75, 3.05) is 27.2 Å². The molecule has 13 nitrogen and oxygen atoms in total. The SMILES string of the molecule is COC1CC2CCC(C)C(O)(O2)C(=O)C(=O)C2CCCC[C@H]2C(=O)N[C@H](CCc2ccccc2)C(=O)NCC(=O)N(C)CC(=O)OC1C.II. The van der Waals surface area contributed by atoms with Crippen molar-refractivity contribution in [1.82, 2.24) is 15.5 Å². The summed E-state index contributed by atoms with van der Waals surface area (Å²) in [5.74, 6) is -9.38. The van der Waals surface area contributed by atoms with Gasteiger partial charge in [0.1, 0.15) is 18.7 Å². The molecule has 2 heterocycles. The van der Waals surface area contributed by atoms with E-state index in [1.165, 1.54) is 14.2 Å². The number of halogens is 2. The number of Topliss-reactive ketones (excluding diaryl/α,β-unsaturated/α-hetero) is 2. The van der Waals surface area contributed by atoms with Gasteiger partial charge in [0.2, 0.25) is 29.3 Å². The van der Waals surface area contributed by atoms with E-state index < -0.39 is 89.7 Å². The second kappa shape index (κ2) is 20.1. The number of nitrogens with zero attached hydrogens (tertiary/aromatic N) is 1. The summed E-state index contributed by atoms with van der Waals surface area (Å²) in [5.41, 5.74) is 0.936. The average Bonchev–Trinajstić information content (AvgIpc) is 3.12. The van der Waals surface area contributed by atoms with Crippen LogP contribution in [0.25, 0.3) is 0 Å². The third-order valence-electron chi connectivity index (χ3n) is 9.97. The fraction of sp³-hybridized carbons (Fsp3) is 0.657. The van der Waals surface area contributed by atoms with Crippen molar-refractivity contribution < 1.29 is 48.1 Å². The van der Waals surface area contributed by atoms with Crippen LogP contribution in [-0.2, 0) is 49.4 Å². The van der Waals surface area contributed by atoms with Crippen LogP contribution in [-0.4, -0.2) is 103 Å². The van der Waals surface area contributed by atoms with E-state index in [-0.39, 0.29) is 25.8 Å². The lowest BCUT2D eigenvalue weighted by Gasteiger charge is -2.42. The second-order valence-corrected chi connectivity index (χ2v) is 13.4. The third-order valence-corrected chi connectivity index (χ3v) is 9.97. The Morgan fingerprint density at radius 1 is 0.960 bits per heavy atom. The third kappa shape index (κ3) is 11.1. The molecule has 1 aromatic rings. The molecule has 2 bridgehead atoms. The maximum Gasteiger partial charge on any atom is 0.325 e. The molecule has 2 saturated heterocycles. The van der Waals surface area contributed by atoms with Gasteiger partial charge in [-0.3, -0.25) is 28.8 Å². The molecule has 0 radical (unpaired) electrons. The summed E-state index contributed by atoms with van der Waals surface area (Å²) < 4.78 is 17.1. The molecule has 8 atom stereocenters. The molecule has 6 unspecified atom stereocenters. The van der Waals surface area contributed by atoms with E-state index in [9.17, 15) is 33.9 Å². The number of amides is 3. The Balaban J connectivity index is 0.00000332. The van der Waals surface area contributed by atoms with E-state index in [1.54, 1.807) is 13.8 Å². The molecule has 3 N–H and O–H groups in total. The standard InChI is InChI=1S/C35H49N3O10.I2/c1-21-14-16-24-18-28(46-4)22(2)47-30(40)20-38(3)29(39)19-36-34(44)27(17-15-23-10-6-5-7-11-23)37-33(43)26-13-9-8-12-25(26)31(41)32(42)35(21,45)48-24;1-2/h5-7,10-11,21-22,24-28,45H,8-9,12-20H2,1-4H3,(H,36,44)(H,37,43);/t21?,22?,24?,25?,26-,27-,28?,35?;/m1./s1. The first-order chi connectivity index (χ1) is 23.8. The van der Waals surface area contributed by atoms with E-state index >= 15 is 0 Å². The highest BCUT2D eigenvalue weighted by atomic mass is 128. The number of hydrogen-bond acceptors (Lipinski definition) is 10. The molecule has 0 aromatic heterocycles. The molecule has 3 fully saturated rings. The fourth-order valence-corrected chi connectivity index (χ4v) is 6.87. The monoisotopic (exact) mass is 925 g/mol. The number of cyclic esters (lactones) is 1. The largest absolute Gasteiger partial charge is 0.459 e. The van der Waals surface area contributed by atoms with Crippen LogP contribution in [0.1, 0.15) is 70.8 Å². The van der Waals surface area contributed by atoms with Crippen LogP contribution in [0.5, 0.6) is 0 Å². The molecule has 1 aromatic carbocycles. The molecule has 50 heavy (non-hydrogen) atoms. The number of hydrogen-bond donors (Lipinski definition) is 3. The number of methoxy groups -OCH3 is 1. The lowest BCUT2D eigenvalue weighted by atomic mass is 9.73. The van der Waals surface area contributed by atoms with Crippen molar-refractivity contribution in [2.45, 2.75) is 102 Å². The number of ketones is 2. The number of fused-ring (bicyclic) bond motifs is 3. The zero-order valence-corrected chi connectivity index (χ0v) is 33.3. The summed E-state index contributed by atoms with van der Waals surface area (Å²) in [4.78, 5) is 81.6. The summed E-state index contributed by atoms with van der Waals surface area (Å²) in [5, 5.41) is 17.0. The summed E-state index contributed by atoms with van der Waals surface area (Å²) in [7, 11) is 2.84. The van der Waals surface area contributed by atoms with E-state index in [1.807, 2.05) is 30.3 Å². The van der Waals surface area contributed by atoms with Crippen molar-refractivity contribution in [3.63, 3.8) is 0 Å². The van der Waals surface area contributed by atoms with Gasteiger partial charge in [0.15, 0.2) is 0 Å². The van der Waals surface area contributed by atoms with Gasteiger partial charge in [-0.05, 0) is 51.0 Å². The maximum atomic E-state index is 13.8. The molecule has 1 aliphatic carbocycles. The van der Waals surface area contributed by atoms with E-state index in [2.05, 4.69) is 47.9 Å². The molecule has 15 heteroatoms. The smallest absolute Gasteiger partial charge is 0.325 e. The zero-order valence-electron chi connectivity index (χ0n) is 29.0. The fourth-order valence-electron chi connectivity index (χ4n) is 6.87. The van der Waals surface area contributed by atoms with E-state index in [0.29, 0.717) is 38.5 Å². The Morgan fingerprint density at radius 2 is 1.62 bits per heavy atom. The maximum absolute atomic E-state index is 13.8. The van der Waals surface area contributed by atoms with E-state index in [4.69, 9.17) is 14.2 Å². The van der Waals surface area contributed by atoms with Gasteiger partial charge in [-0.1, -0.05) is 50.1 Å². The van der Waals surface area contributed by atoms with Gasteiger partial charge in [-0.15, -0.1) is 0 Å². The van der Waals surface area contributed by atoms with Crippen LogP contribution < -0.4 is 10.6 Å². The number of benzene rings is 1. The summed E-state index contributed by atoms with van der Waals surface area (Å²) in [6.45, 7) is 2.45. The Bertz CT molecular complexity index is 1350. The Kier molecular flexibility index (Phi) is 17.0. The molecule has 0 spiro atoms. The molecular formula is C35H49I2N3O10. The Hall–Kier alpha value is -2.22. The molecule has 278 valence electrons. The number of aliphatic hydroxyl groups is 1. The number of likely N-dealkylation sites (N-methyl/N-ethyl adjacent to an activating group) is 1. The summed E-state index contributed by atoms with van der Waals surface area (Å²) in [6, 6.07) is 8.33. The number of ether oxygens (including phenoxy) is 3. The first kappa shape index (κ1) is 42.2. The lowest BCUT2D eigenvalue weighted by Crippen LogP contribution is -2.58.